The normalized spacial score (nSPS) is 15.1. The Hall–Kier alpha value is -3.81. The van der Waals surface area contributed by atoms with Crippen molar-refractivity contribution in [3.8, 4) is 5.75 Å². The molecule has 1 amide bonds. The molecule has 0 atom stereocenters. The van der Waals surface area contributed by atoms with E-state index in [0.717, 1.165) is 0 Å². The number of hydrogen-bond donors (Lipinski definition) is 2. The molecule has 8 heteroatoms. The second-order valence-electron chi connectivity index (χ2n) is 6.62. The molecule has 0 aliphatic carbocycles. The Morgan fingerprint density at radius 3 is 2.31 bits per heavy atom. The van der Waals surface area contributed by atoms with Crippen LogP contribution in [-0.2, 0) is 19.1 Å². The first-order chi connectivity index (χ1) is 13.8. The first kappa shape index (κ1) is 19.9. The molecule has 3 rings (SSSR count). The molecule has 0 bridgehead atoms. The molecule has 0 unspecified atom stereocenters. The number of anilines is 2. The van der Waals surface area contributed by atoms with Gasteiger partial charge < -0.3 is 24.8 Å². The smallest absolute Gasteiger partial charge is 0.350 e. The molecule has 1 heterocycles. The zero-order valence-corrected chi connectivity index (χ0v) is 16.1. The maximum absolute atomic E-state index is 12.4. The lowest BCUT2D eigenvalue weighted by molar-refractivity contribution is -0.222. The van der Waals surface area contributed by atoms with Crippen LogP contribution in [0.1, 0.15) is 24.2 Å². The van der Waals surface area contributed by atoms with Gasteiger partial charge in [-0.25, -0.2) is 9.59 Å². The van der Waals surface area contributed by atoms with Crippen LogP contribution in [-0.4, -0.2) is 30.7 Å². The quantitative estimate of drug-likeness (QED) is 0.455. The standard InChI is InChI=1S/C21H20N2O6/c1-21(2)28-19(25)15(20(26)29-21)12-22-14-9-10-17(27-3)16(11-14)23-18(24)13-7-5-4-6-8-13/h4-12,22H,1-3H3,(H,23,24). The molecule has 2 N–H and O–H groups in total. The molecule has 1 aliphatic heterocycles. The summed E-state index contributed by atoms with van der Waals surface area (Å²) in [5.74, 6) is -2.73. The van der Waals surface area contributed by atoms with Crippen molar-refractivity contribution in [3.63, 3.8) is 0 Å². The number of ether oxygens (including phenoxy) is 3. The molecule has 150 valence electrons. The van der Waals surface area contributed by atoms with E-state index < -0.39 is 17.7 Å². The number of nitrogens with one attached hydrogen (secondary N) is 2. The van der Waals surface area contributed by atoms with Gasteiger partial charge >= 0.3 is 11.9 Å². The predicted octanol–water partition coefficient (Wildman–Crippen LogP) is 3.08. The summed E-state index contributed by atoms with van der Waals surface area (Å²) in [7, 11) is 1.48. The summed E-state index contributed by atoms with van der Waals surface area (Å²) >= 11 is 0. The minimum Gasteiger partial charge on any atom is -0.495 e. The van der Waals surface area contributed by atoms with Crippen molar-refractivity contribution in [3.05, 3.63) is 65.9 Å². The molecule has 0 saturated carbocycles. The molecule has 0 spiro atoms. The van der Waals surface area contributed by atoms with Crippen LogP contribution in [0.2, 0.25) is 0 Å². The second-order valence-corrected chi connectivity index (χ2v) is 6.62. The van der Waals surface area contributed by atoms with Crippen molar-refractivity contribution in [1.82, 2.24) is 0 Å². The van der Waals surface area contributed by atoms with Crippen LogP contribution in [0, 0.1) is 0 Å². The maximum atomic E-state index is 12.4. The van der Waals surface area contributed by atoms with E-state index in [1.165, 1.54) is 27.2 Å². The summed E-state index contributed by atoms with van der Waals surface area (Å²) in [5.41, 5.74) is 1.15. The summed E-state index contributed by atoms with van der Waals surface area (Å²) in [4.78, 5) is 36.4. The van der Waals surface area contributed by atoms with Crippen molar-refractivity contribution in [1.29, 1.82) is 0 Å². The van der Waals surface area contributed by atoms with Crippen LogP contribution in [0.15, 0.2) is 60.3 Å². The minimum atomic E-state index is -1.31. The SMILES string of the molecule is COc1ccc(NC=C2C(=O)OC(C)(C)OC2=O)cc1NC(=O)c1ccccc1. The molecule has 8 nitrogen and oxygen atoms in total. The van der Waals surface area contributed by atoms with Gasteiger partial charge in [-0.05, 0) is 30.3 Å². The van der Waals surface area contributed by atoms with Crippen LogP contribution in [0.4, 0.5) is 11.4 Å². The van der Waals surface area contributed by atoms with Crippen molar-refractivity contribution < 1.29 is 28.6 Å². The Kier molecular flexibility index (Phi) is 5.54. The lowest BCUT2D eigenvalue weighted by Crippen LogP contribution is -2.42. The number of methoxy groups -OCH3 is 1. The van der Waals surface area contributed by atoms with Crippen LogP contribution < -0.4 is 15.4 Å². The molecular formula is C21H20N2O6. The highest BCUT2D eigenvalue weighted by Crippen LogP contribution is 2.29. The van der Waals surface area contributed by atoms with Gasteiger partial charge in [-0.15, -0.1) is 0 Å². The van der Waals surface area contributed by atoms with E-state index >= 15 is 0 Å². The molecular weight excluding hydrogens is 376 g/mol. The summed E-state index contributed by atoms with van der Waals surface area (Å²) in [6.45, 7) is 2.94. The van der Waals surface area contributed by atoms with Crippen molar-refractivity contribution >= 4 is 29.2 Å². The highest BCUT2D eigenvalue weighted by Gasteiger charge is 2.38. The van der Waals surface area contributed by atoms with Gasteiger partial charge in [0.25, 0.3) is 11.7 Å². The highest BCUT2D eigenvalue weighted by molar-refractivity contribution is 6.15. The summed E-state index contributed by atoms with van der Waals surface area (Å²) in [6.07, 6.45) is 1.20. The first-order valence-corrected chi connectivity index (χ1v) is 8.77. The molecule has 0 aromatic heterocycles. The van der Waals surface area contributed by atoms with Crippen molar-refractivity contribution in [2.75, 3.05) is 17.7 Å². The lowest BCUT2D eigenvalue weighted by atomic mass is 10.2. The van der Waals surface area contributed by atoms with Gasteiger partial charge in [-0.3, -0.25) is 4.79 Å². The van der Waals surface area contributed by atoms with Crippen LogP contribution in [0.3, 0.4) is 0 Å². The average molecular weight is 396 g/mol. The Morgan fingerprint density at radius 1 is 1.03 bits per heavy atom. The fourth-order valence-electron chi connectivity index (χ4n) is 2.61. The van der Waals surface area contributed by atoms with E-state index in [2.05, 4.69) is 10.6 Å². The number of benzene rings is 2. The van der Waals surface area contributed by atoms with E-state index in [9.17, 15) is 14.4 Å². The molecule has 1 aliphatic rings. The predicted molar refractivity (Wildman–Crippen MR) is 105 cm³/mol. The molecule has 2 aromatic rings. The molecule has 1 saturated heterocycles. The molecule has 2 aromatic carbocycles. The Labute approximate surface area is 167 Å². The number of rotatable bonds is 5. The third kappa shape index (κ3) is 4.73. The van der Waals surface area contributed by atoms with Gasteiger partial charge in [-0.2, -0.15) is 0 Å². The number of esters is 2. The fraction of sp³-hybridized carbons (Fsp3) is 0.190. The van der Waals surface area contributed by atoms with E-state index in [4.69, 9.17) is 14.2 Å². The zero-order chi connectivity index (χ0) is 21.0. The number of carbonyl (C=O) groups excluding carboxylic acids is 3. The number of cyclic esters (lactones) is 2. The van der Waals surface area contributed by atoms with Gasteiger partial charge in [0.15, 0.2) is 5.57 Å². The Balaban J connectivity index is 1.79. The Bertz CT molecular complexity index is 960. The zero-order valence-electron chi connectivity index (χ0n) is 16.1. The highest BCUT2D eigenvalue weighted by atomic mass is 16.7. The third-order valence-corrected chi connectivity index (χ3v) is 3.98. The van der Waals surface area contributed by atoms with Crippen LogP contribution in [0.5, 0.6) is 5.75 Å². The van der Waals surface area contributed by atoms with Crippen LogP contribution >= 0.6 is 0 Å². The molecule has 29 heavy (non-hydrogen) atoms. The number of hydrogen-bond acceptors (Lipinski definition) is 7. The summed E-state index contributed by atoms with van der Waals surface area (Å²) < 4.78 is 15.4. The van der Waals surface area contributed by atoms with E-state index in [1.54, 1.807) is 42.5 Å². The molecule has 1 fully saturated rings. The van der Waals surface area contributed by atoms with Gasteiger partial charge in [0.05, 0.1) is 12.8 Å². The topological polar surface area (TPSA) is 103 Å². The van der Waals surface area contributed by atoms with E-state index in [-0.39, 0.29) is 11.5 Å². The Morgan fingerprint density at radius 2 is 1.69 bits per heavy atom. The monoisotopic (exact) mass is 396 g/mol. The third-order valence-electron chi connectivity index (χ3n) is 3.98. The van der Waals surface area contributed by atoms with E-state index in [0.29, 0.717) is 22.7 Å². The maximum Gasteiger partial charge on any atom is 0.350 e. The van der Waals surface area contributed by atoms with Gasteiger partial charge in [0.2, 0.25) is 0 Å². The van der Waals surface area contributed by atoms with Gasteiger partial charge in [0.1, 0.15) is 5.75 Å². The largest absolute Gasteiger partial charge is 0.495 e. The summed E-state index contributed by atoms with van der Waals surface area (Å²) in [5, 5.41) is 5.61. The minimum absolute atomic E-state index is 0.269. The molecule has 0 radical (unpaired) electrons. The number of carbonyl (C=O) groups is 3. The van der Waals surface area contributed by atoms with Gasteiger partial charge in [0, 0.05) is 31.3 Å². The van der Waals surface area contributed by atoms with Crippen molar-refractivity contribution in [2.24, 2.45) is 0 Å². The van der Waals surface area contributed by atoms with Crippen LogP contribution in [0.25, 0.3) is 0 Å². The summed E-state index contributed by atoms with van der Waals surface area (Å²) in [6, 6.07) is 13.6. The number of amides is 1. The fourth-order valence-corrected chi connectivity index (χ4v) is 2.61. The average Bonchev–Trinajstić information content (AvgIpc) is 2.67. The van der Waals surface area contributed by atoms with Crippen molar-refractivity contribution in [2.45, 2.75) is 19.6 Å². The lowest BCUT2D eigenvalue weighted by Gasteiger charge is -2.29. The second kappa shape index (κ2) is 8.05. The first-order valence-electron chi connectivity index (χ1n) is 8.77. The van der Waals surface area contributed by atoms with Gasteiger partial charge in [-0.1, -0.05) is 18.2 Å². The van der Waals surface area contributed by atoms with E-state index in [1.807, 2.05) is 6.07 Å².